The largest absolute Gasteiger partial charge is 0.350 e. The van der Waals surface area contributed by atoms with E-state index >= 15 is 0 Å². The molecule has 0 saturated heterocycles. The Balaban J connectivity index is 2.75. The summed E-state index contributed by atoms with van der Waals surface area (Å²) in [5.74, 6) is -0.324. The molecule has 0 atom stereocenters. The van der Waals surface area contributed by atoms with Gasteiger partial charge in [-0.2, -0.15) is 5.10 Å². The van der Waals surface area contributed by atoms with E-state index in [1.165, 1.54) is 12.3 Å². The normalized spacial score (nSPS) is 10.5. The van der Waals surface area contributed by atoms with Gasteiger partial charge in [0.25, 0.3) is 0 Å². The molecule has 6 heteroatoms. The number of primary amides is 1. The lowest BCUT2D eigenvalue weighted by atomic mass is 10.1. The van der Waals surface area contributed by atoms with Gasteiger partial charge >= 0.3 is 6.03 Å². The molecule has 0 spiro atoms. The van der Waals surface area contributed by atoms with Crippen LogP contribution in [0.4, 0.5) is 9.18 Å². The molecule has 0 bridgehead atoms. The van der Waals surface area contributed by atoms with Crippen LogP contribution in [0, 0.1) is 5.82 Å². The van der Waals surface area contributed by atoms with Gasteiger partial charge in [-0.15, -0.1) is 0 Å². The Bertz CT molecular complexity index is 395. The monoisotopic (exact) mass is 273 g/mol. The van der Waals surface area contributed by atoms with Crippen LogP contribution in [0.5, 0.6) is 0 Å². The predicted molar refractivity (Wildman–Crippen MR) is 59.3 cm³/mol. The zero-order valence-electron chi connectivity index (χ0n) is 7.71. The molecule has 4 nitrogen and oxygen atoms in total. The maximum Gasteiger partial charge on any atom is 0.332 e. The number of urea groups is 1. The highest BCUT2D eigenvalue weighted by Gasteiger charge is 2.00. The lowest BCUT2D eigenvalue weighted by Crippen LogP contribution is -2.24. The van der Waals surface area contributed by atoms with E-state index in [0.29, 0.717) is 16.5 Å². The van der Waals surface area contributed by atoms with Crippen molar-refractivity contribution in [3.63, 3.8) is 0 Å². The van der Waals surface area contributed by atoms with Crippen molar-refractivity contribution in [2.75, 3.05) is 0 Å². The van der Waals surface area contributed by atoms with E-state index in [0.717, 1.165) is 0 Å². The Morgan fingerprint density at radius 2 is 2.40 bits per heavy atom. The van der Waals surface area contributed by atoms with Gasteiger partial charge in [-0.25, -0.2) is 14.6 Å². The van der Waals surface area contributed by atoms with Crippen LogP contribution in [-0.4, -0.2) is 12.2 Å². The quantitative estimate of drug-likeness (QED) is 0.492. The van der Waals surface area contributed by atoms with E-state index in [2.05, 4.69) is 21.0 Å². The smallest absolute Gasteiger partial charge is 0.332 e. The van der Waals surface area contributed by atoms with Gasteiger partial charge in [0.1, 0.15) is 5.82 Å². The minimum Gasteiger partial charge on any atom is -0.350 e. The molecule has 3 N–H and O–H groups in total. The third-order valence-electron chi connectivity index (χ3n) is 1.61. The third-order valence-corrected chi connectivity index (χ3v) is 2.21. The van der Waals surface area contributed by atoms with E-state index in [4.69, 9.17) is 5.73 Å². The Kier molecular flexibility index (Phi) is 4.23. The van der Waals surface area contributed by atoms with Crippen molar-refractivity contribution in [1.82, 2.24) is 5.43 Å². The fourth-order valence-electron chi connectivity index (χ4n) is 0.923. The highest BCUT2D eigenvalue weighted by molar-refractivity contribution is 9.08. The van der Waals surface area contributed by atoms with Crippen molar-refractivity contribution in [3.8, 4) is 0 Å². The number of nitrogens with two attached hydrogens (primary N) is 1. The van der Waals surface area contributed by atoms with Crippen LogP contribution in [0.1, 0.15) is 11.1 Å². The summed E-state index contributed by atoms with van der Waals surface area (Å²) in [6.07, 6.45) is 1.31. The zero-order valence-corrected chi connectivity index (χ0v) is 9.29. The number of halogens is 2. The van der Waals surface area contributed by atoms with Crippen molar-refractivity contribution in [1.29, 1.82) is 0 Å². The summed E-state index contributed by atoms with van der Waals surface area (Å²) < 4.78 is 13.2. The Morgan fingerprint density at radius 3 is 2.93 bits per heavy atom. The molecule has 0 unspecified atom stereocenters. The second-order valence-electron chi connectivity index (χ2n) is 2.72. The summed E-state index contributed by atoms with van der Waals surface area (Å²) in [7, 11) is 0. The topological polar surface area (TPSA) is 67.5 Å². The van der Waals surface area contributed by atoms with Crippen LogP contribution in [0.15, 0.2) is 23.3 Å². The molecule has 1 aromatic carbocycles. The van der Waals surface area contributed by atoms with E-state index < -0.39 is 6.03 Å². The first-order valence-electron chi connectivity index (χ1n) is 4.06. The maximum absolute atomic E-state index is 13.2. The number of nitrogens with one attached hydrogen (secondary N) is 1. The van der Waals surface area contributed by atoms with Crippen molar-refractivity contribution < 1.29 is 9.18 Å². The molecule has 2 amide bonds. The van der Waals surface area contributed by atoms with Crippen LogP contribution in [0.25, 0.3) is 0 Å². The average Bonchev–Trinajstić information content (AvgIpc) is 2.17. The molecular weight excluding hydrogens is 265 g/mol. The lowest BCUT2D eigenvalue weighted by molar-refractivity contribution is 0.249. The summed E-state index contributed by atoms with van der Waals surface area (Å²) in [6.45, 7) is 0. The number of carbonyl (C=O) groups is 1. The average molecular weight is 274 g/mol. The van der Waals surface area contributed by atoms with Crippen LogP contribution < -0.4 is 11.2 Å². The summed E-state index contributed by atoms with van der Waals surface area (Å²) in [5.41, 5.74) is 7.92. The van der Waals surface area contributed by atoms with Crippen molar-refractivity contribution in [3.05, 3.63) is 35.1 Å². The first-order chi connectivity index (χ1) is 7.13. The Morgan fingerprint density at radius 1 is 1.67 bits per heavy atom. The summed E-state index contributed by atoms with van der Waals surface area (Å²) in [4.78, 5) is 10.3. The fourth-order valence-corrected chi connectivity index (χ4v) is 1.38. The molecule has 0 fully saturated rings. The Labute approximate surface area is 94.5 Å². The number of amides is 2. The molecule has 0 aliphatic rings. The molecule has 0 radical (unpaired) electrons. The van der Waals surface area contributed by atoms with Gasteiger partial charge in [-0.1, -0.05) is 28.1 Å². The minimum absolute atomic E-state index is 0.324. The van der Waals surface area contributed by atoms with Crippen molar-refractivity contribution in [2.24, 2.45) is 10.8 Å². The molecule has 0 aliphatic carbocycles. The van der Waals surface area contributed by atoms with Crippen LogP contribution in [-0.2, 0) is 5.33 Å². The summed E-state index contributed by atoms with van der Waals surface area (Å²) in [5, 5.41) is 3.96. The first kappa shape index (κ1) is 11.6. The molecule has 80 valence electrons. The number of hydrogen-bond acceptors (Lipinski definition) is 2. The van der Waals surface area contributed by atoms with Crippen LogP contribution >= 0.6 is 15.9 Å². The summed E-state index contributed by atoms with van der Waals surface area (Å²) >= 11 is 3.16. The number of benzene rings is 1. The second-order valence-corrected chi connectivity index (χ2v) is 3.28. The number of nitrogens with zero attached hydrogens (tertiary/aromatic N) is 1. The zero-order chi connectivity index (χ0) is 11.3. The molecule has 0 aliphatic heterocycles. The molecule has 1 aromatic rings. The Hall–Kier alpha value is -1.43. The van der Waals surface area contributed by atoms with Gasteiger partial charge in [0.05, 0.1) is 6.21 Å². The van der Waals surface area contributed by atoms with Gasteiger partial charge in [-0.3, -0.25) is 0 Å². The number of alkyl halides is 1. The molecule has 0 heterocycles. The van der Waals surface area contributed by atoms with E-state index in [9.17, 15) is 9.18 Å². The number of rotatable bonds is 3. The van der Waals surface area contributed by atoms with Gasteiger partial charge in [0, 0.05) is 5.33 Å². The predicted octanol–water partition coefficient (Wildman–Crippen LogP) is 1.72. The molecule has 0 saturated carbocycles. The molecule has 15 heavy (non-hydrogen) atoms. The second kappa shape index (κ2) is 5.45. The van der Waals surface area contributed by atoms with Crippen LogP contribution in [0.3, 0.4) is 0 Å². The maximum atomic E-state index is 13.2. The molecule has 0 aromatic heterocycles. The van der Waals surface area contributed by atoms with Gasteiger partial charge in [0.15, 0.2) is 0 Å². The SMILES string of the molecule is NC(=O)NN=Cc1ccc(CBr)c(F)c1. The number of hydrogen-bond donors (Lipinski definition) is 2. The van der Waals surface area contributed by atoms with Gasteiger partial charge < -0.3 is 5.73 Å². The fraction of sp³-hybridized carbons (Fsp3) is 0.111. The number of hydrazone groups is 1. The van der Waals surface area contributed by atoms with Gasteiger partial charge in [-0.05, 0) is 17.2 Å². The lowest BCUT2D eigenvalue weighted by Gasteiger charge is -1.99. The van der Waals surface area contributed by atoms with Crippen molar-refractivity contribution in [2.45, 2.75) is 5.33 Å². The standard InChI is InChI=1S/C9H9BrFN3O/c10-4-7-2-1-6(3-8(7)11)5-13-14-9(12)15/h1-3,5H,4H2,(H3,12,14,15). The first-order valence-corrected chi connectivity index (χ1v) is 5.18. The van der Waals surface area contributed by atoms with Crippen LogP contribution in [0.2, 0.25) is 0 Å². The number of carbonyl (C=O) groups excluding carboxylic acids is 1. The molecular formula is C9H9BrFN3O. The minimum atomic E-state index is -0.760. The summed E-state index contributed by atoms with van der Waals surface area (Å²) in [6, 6.07) is 3.88. The van der Waals surface area contributed by atoms with E-state index in [1.807, 2.05) is 5.43 Å². The highest BCUT2D eigenvalue weighted by atomic mass is 79.9. The van der Waals surface area contributed by atoms with E-state index in [1.54, 1.807) is 12.1 Å². The third kappa shape index (κ3) is 3.67. The molecule has 1 rings (SSSR count). The van der Waals surface area contributed by atoms with E-state index in [-0.39, 0.29) is 5.82 Å². The van der Waals surface area contributed by atoms with Gasteiger partial charge in [0.2, 0.25) is 0 Å². The van der Waals surface area contributed by atoms with Crippen molar-refractivity contribution >= 4 is 28.2 Å². The highest BCUT2D eigenvalue weighted by Crippen LogP contribution is 2.12.